The molecule has 0 aliphatic rings. The molecular weight excluding hydrogens is 449 g/mol. The quantitative estimate of drug-likeness (QED) is 0.376. The Morgan fingerprint density at radius 2 is 1.81 bits per heavy atom. The number of pyridine rings is 1. The zero-order valence-electron chi connectivity index (χ0n) is 17.0. The fourth-order valence-electron chi connectivity index (χ4n) is 3.21. The molecule has 32 heavy (non-hydrogen) atoms. The Bertz CT molecular complexity index is 1330. The van der Waals surface area contributed by atoms with Crippen LogP contribution >= 0.6 is 11.3 Å². The van der Waals surface area contributed by atoms with Gasteiger partial charge in [0.25, 0.3) is 0 Å². The van der Waals surface area contributed by atoms with Crippen LogP contribution in [0, 0.1) is 5.82 Å². The van der Waals surface area contributed by atoms with E-state index in [9.17, 15) is 17.6 Å². The van der Waals surface area contributed by atoms with Crippen LogP contribution in [-0.4, -0.2) is 30.0 Å². The molecule has 0 saturated carbocycles. The third-order valence-corrected chi connectivity index (χ3v) is 7.68. The number of benzene rings is 2. The summed E-state index contributed by atoms with van der Waals surface area (Å²) in [4.78, 5) is 23.6. The van der Waals surface area contributed by atoms with E-state index >= 15 is 0 Å². The molecule has 0 radical (unpaired) electrons. The number of sulfone groups is 1. The van der Waals surface area contributed by atoms with Crippen LogP contribution in [0.15, 0.2) is 77.8 Å². The highest BCUT2D eigenvalue weighted by Gasteiger charge is 2.22. The van der Waals surface area contributed by atoms with Gasteiger partial charge in [0.15, 0.2) is 15.0 Å². The number of rotatable bonds is 8. The monoisotopic (exact) mass is 469 g/mol. The standard InChI is InChI=1S/C23H20FN3O3S2/c24-17-11-12-20-21(15-17)31-23(26-20)27(16-18-7-4-5-13-25-18)22(28)10-6-14-32(29,30)19-8-2-1-3-9-19/h1-5,7-9,11-13,15H,6,10,14,16H2. The summed E-state index contributed by atoms with van der Waals surface area (Å²) in [7, 11) is -3.47. The van der Waals surface area contributed by atoms with Crippen molar-refractivity contribution < 1.29 is 17.6 Å². The zero-order valence-corrected chi connectivity index (χ0v) is 18.7. The number of nitrogens with zero attached hydrogens (tertiary/aromatic N) is 3. The Labute approximate surface area is 189 Å². The molecule has 6 nitrogen and oxygen atoms in total. The topological polar surface area (TPSA) is 80.2 Å². The molecule has 9 heteroatoms. The summed E-state index contributed by atoms with van der Waals surface area (Å²) in [6, 6.07) is 17.9. The predicted octanol–water partition coefficient (Wildman–Crippen LogP) is 4.62. The van der Waals surface area contributed by atoms with E-state index in [4.69, 9.17) is 0 Å². The molecule has 0 atom stereocenters. The fraction of sp³-hybridized carbons (Fsp3) is 0.174. The van der Waals surface area contributed by atoms with Crippen LogP contribution in [0.25, 0.3) is 10.2 Å². The first-order chi connectivity index (χ1) is 15.4. The van der Waals surface area contributed by atoms with Crippen molar-refractivity contribution in [2.45, 2.75) is 24.3 Å². The lowest BCUT2D eigenvalue weighted by molar-refractivity contribution is -0.118. The lowest BCUT2D eigenvalue weighted by Crippen LogP contribution is -2.30. The number of hydrogen-bond acceptors (Lipinski definition) is 6. The molecule has 1 amide bonds. The highest BCUT2D eigenvalue weighted by molar-refractivity contribution is 7.91. The number of aromatic nitrogens is 2. The van der Waals surface area contributed by atoms with Gasteiger partial charge in [-0.3, -0.25) is 14.7 Å². The zero-order chi connectivity index (χ0) is 22.6. The van der Waals surface area contributed by atoms with E-state index in [0.717, 1.165) is 0 Å². The lowest BCUT2D eigenvalue weighted by Gasteiger charge is -2.19. The van der Waals surface area contributed by atoms with Gasteiger partial charge in [0.2, 0.25) is 5.91 Å². The van der Waals surface area contributed by atoms with E-state index in [0.29, 0.717) is 21.0 Å². The number of halogens is 1. The molecule has 0 saturated heterocycles. The van der Waals surface area contributed by atoms with Gasteiger partial charge in [0, 0.05) is 12.6 Å². The second-order valence-corrected chi connectivity index (χ2v) is 10.3. The van der Waals surface area contributed by atoms with Crippen molar-refractivity contribution in [3.05, 3.63) is 84.4 Å². The molecule has 0 unspecified atom stereocenters. The Hall–Kier alpha value is -3.17. The van der Waals surface area contributed by atoms with Crippen LogP contribution in [0.5, 0.6) is 0 Å². The number of amides is 1. The maximum Gasteiger partial charge on any atom is 0.229 e. The maximum atomic E-state index is 13.6. The van der Waals surface area contributed by atoms with Gasteiger partial charge in [0.1, 0.15) is 5.82 Å². The molecule has 0 aliphatic carbocycles. The highest BCUT2D eigenvalue weighted by atomic mass is 32.2. The van der Waals surface area contributed by atoms with Crippen LogP contribution in [0.1, 0.15) is 18.5 Å². The minimum Gasteiger partial charge on any atom is -0.282 e. The molecular formula is C23H20FN3O3S2. The summed E-state index contributed by atoms with van der Waals surface area (Å²) >= 11 is 1.21. The number of anilines is 1. The molecule has 0 bridgehead atoms. The van der Waals surface area contributed by atoms with Gasteiger partial charge in [-0.1, -0.05) is 35.6 Å². The Kier molecular flexibility index (Phi) is 6.57. The number of carbonyl (C=O) groups is 1. The summed E-state index contributed by atoms with van der Waals surface area (Å²) in [5.41, 5.74) is 1.26. The molecule has 4 rings (SSSR count). The maximum absolute atomic E-state index is 13.6. The first kappa shape index (κ1) is 22.0. The molecule has 164 valence electrons. The molecule has 2 aromatic carbocycles. The van der Waals surface area contributed by atoms with E-state index in [-0.39, 0.29) is 41.8 Å². The number of carbonyl (C=O) groups excluding carboxylic acids is 1. The molecule has 0 spiro atoms. The molecule has 2 aromatic heterocycles. The van der Waals surface area contributed by atoms with Crippen LogP contribution < -0.4 is 4.90 Å². The van der Waals surface area contributed by atoms with Crippen molar-refractivity contribution in [1.29, 1.82) is 0 Å². The summed E-state index contributed by atoms with van der Waals surface area (Å²) < 4.78 is 39.3. The van der Waals surface area contributed by atoms with E-state index < -0.39 is 9.84 Å². The Morgan fingerprint density at radius 1 is 1.03 bits per heavy atom. The van der Waals surface area contributed by atoms with E-state index in [1.54, 1.807) is 54.7 Å². The van der Waals surface area contributed by atoms with Crippen molar-refractivity contribution in [3.8, 4) is 0 Å². The fourth-order valence-corrected chi connectivity index (χ4v) is 5.55. The van der Waals surface area contributed by atoms with Crippen molar-refractivity contribution in [3.63, 3.8) is 0 Å². The van der Waals surface area contributed by atoms with Crippen molar-refractivity contribution >= 4 is 42.4 Å². The second-order valence-electron chi connectivity index (χ2n) is 7.14. The molecule has 0 N–H and O–H groups in total. The number of thiazole rings is 1. The third kappa shape index (κ3) is 5.17. The first-order valence-corrected chi connectivity index (χ1v) is 12.4. The normalized spacial score (nSPS) is 11.5. The van der Waals surface area contributed by atoms with E-state index in [1.807, 2.05) is 6.07 Å². The van der Waals surface area contributed by atoms with Gasteiger partial charge in [0.05, 0.1) is 33.1 Å². The van der Waals surface area contributed by atoms with Crippen molar-refractivity contribution in [1.82, 2.24) is 9.97 Å². The second kappa shape index (κ2) is 9.54. The lowest BCUT2D eigenvalue weighted by atomic mass is 10.2. The highest BCUT2D eigenvalue weighted by Crippen LogP contribution is 2.30. The van der Waals surface area contributed by atoms with Crippen molar-refractivity contribution in [2.75, 3.05) is 10.7 Å². The van der Waals surface area contributed by atoms with Crippen molar-refractivity contribution in [2.24, 2.45) is 0 Å². The van der Waals surface area contributed by atoms with Gasteiger partial charge >= 0.3 is 0 Å². The molecule has 4 aromatic rings. The Balaban J connectivity index is 1.53. The predicted molar refractivity (Wildman–Crippen MR) is 123 cm³/mol. The smallest absolute Gasteiger partial charge is 0.229 e. The van der Waals surface area contributed by atoms with Crippen LogP contribution in [0.3, 0.4) is 0 Å². The number of fused-ring (bicyclic) bond motifs is 1. The largest absolute Gasteiger partial charge is 0.282 e. The van der Waals surface area contributed by atoms with E-state index in [1.165, 1.54) is 28.4 Å². The van der Waals surface area contributed by atoms with Crippen LogP contribution in [0.2, 0.25) is 0 Å². The van der Waals surface area contributed by atoms with Crippen LogP contribution in [0.4, 0.5) is 9.52 Å². The Morgan fingerprint density at radius 3 is 2.56 bits per heavy atom. The van der Waals surface area contributed by atoms with Gasteiger partial charge in [-0.2, -0.15) is 0 Å². The van der Waals surface area contributed by atoms with Gasteiger partial charge in [-0.15, -0.1) is 0 Å². The van der Waals surface area contributed by atoms with Gasteiger partial charge < -0.3 is 0 Å². The first-order valence-electron chi connectivity index (χ1n) is 9.96. The SMILES string of the molecule is O=C(CCCS(=O)(=O)c1ccccc1)N(Cc1ccccn1)c1nc2ccc(F)cc2s1. The summed E-state index contributed by atoms with van der Waals surface area (Å²) in [6.45, 7) is 0.188. The van der Waals surface area contributed by atoms with Crippen LogP contribution in [-0.2, 0) is 21.2 Å². The minimum atomic E-state index is -3.47. The average Bonchev–Trinajstić information content (AvgIpc) is 3.21. The van der Waals surface area contributed by atoms with Gasteiger partial charge in [-0.05, 0) is 48.9 Å². The minimum absolute atomic E-state index is 0.0309. The molecule has 0 aliphatic heterocycles. The summed E-state index contributed by atoms with van der Waals surface area (Å²) in [6.07, 6.45) is 1.84. The summed E-state index contributed by atoms with van der Waals surface area (Å²) in [5.74, 6) is -0.773. The third-order valence-electron chi connectivity index (χ3n) is 4.82. The molecule has 0 fully saturated rings. The number of hydrogen-bond donors (Lipinski definition) is 0. The van der Waals surface area contributed by atoms with E-state index in [2.05, 4.69) is 9.97 Å². The molecule has 2 heterocycles. The average molecular weight is 470 g/mol. The van der Waals surface area contributed by atoms with Gasteiger partial charge in [-0.25, -0.2) is 17.8 Å². The summed E-state index contributed by atoms with van der Waals surface area (Å²) in [5, 5.41) is 0.423.